The first-order valence-electron chi connectivity index (χ1n) is 5.97. The maximum absolute atomic E-state index is 13.9. The highest BCUT2D eigenvalue weighted by molar-refractivity contribution is 5.90. The van der Waals surface area contributed by atoms with E-state index < -0.39 is 41.5 Å². The van der Waals surface area contributed by atoms with Gasteiger partial charge in [-0.2, -0.15) is 30.7 Å². The van der Waals surface area contributed by atoms with Gasteiger partial charge in [0.05, 0.1) is 0 Å². The Labute approximate surface area is 125 Å². The topological polar surface area (TPSA) is 63.6 Å². The number of aliphatic carboxylic acids is 1. The van der Waals surface area contributed by atoms with E-state index in [1.807, 2.05) is 0 Å². The van der Waals surface area contributed by atoms with Gasteiger partial charge in [-0.3, -0.25) is 0 Å². The summed E-state index contributed by atoms with van der Waals surface area (Å²) in [6.07, 6.45) is -6.32. The lowest BCUT2D eigenvalue weighted by molar-refractivity contribution is -0.390. The average Bonchev–Trinajstić information content (AvgIpc) is 2.34. The summed E-state index contributed by atoms with van der Waals surface area (Å²) in [5.74, 6) is -17.4. The molecule has 4 nitrogen and oxygen atoms in total. The fourth-order valence-electron chi connectivity index (χ4n) is 1.42. The molecule has 0 rings (SSSR count). The van der Waals surface area contributed by atoms with Crippen molar-refractivity contribution >= 4 is 11.9 Å². The molecule has 0 saturated heterocycles. The molecule has 11 heteroatoms. The van der Waals surface area contributed by atoms with Crippen molar-refractivity contribution in [3.63, 3.8) is 0 Å². The van der Waals surface area contributed by atoms with Gasteiger partial charge >= 0.3 is 30.0 Å². The number of hydrogen-bond acceptors (Lipinski definition) is 3. The lowest BCUT2D eigenvalue weighted by Gasteiger charge is -2.43. The zero-order chi connectivity index (χ0) is 18.9. The summed E-state index contributed by atoms with van der Waals surface area (Å²) >= 11 is 0. The minimum atomic E-state index is -6.59. The zero-order valence-corrected chi connectivity index (χ0v) is 12.0. The summed E-state index contributed by atoms with van der Waals surface area (Å²) in [4.78, 5) is 21.4. The van der Waals surface area contributed by atoms with Crippen LogP contribution in [-0.2, 0) is 14.3 Å². The van der Waals surface area contributed by atoms with Gasteiger partial charge in [0, 0.05) is 12.2 Å². The van der Waals surface area contributed by atoms with Gasteiger partial charge in [0.2, 0.25) is 0 Å². The lowest BCUT2D eigenvalue weighted by Crippen LogP contribution is -2.66. The number of carbonyl (C=O) groups excluding carboxylic acids is 1. The SMILES string of the molecule is CC(C)C(C)(OC(=O)/C=C/C(=O)O)C(F)(F)C(F)(F)C(F)(F)F. The molecule has 0 aliphatic rings. The number of esters is 1. The third-order valence-corrected chi connectivity index (χ3v) is 3.15. The number of hydrogen-bond donors (Lipinski definition) is 1. The molecule has 23 heavy (non-hydrogen) atoms. The van der Waals surface area contributed by atoms with Gasteiger partial charge in [0.1, 0.15) is 0 Å². The highest BCUT2D eigenvalue weighted by Gasteiger charge is 2.80. The van der Waals surface area contributed by atoms with Crippen LogP contribution in [0.3, 0.4) is 0 Å². The highest BCUT2D eigenvalue weighted by atomic mass is 19.4. The molecule has 0 aliphatic heterocycles. The standard InChI is InChI=1S/C12H13F7O4/c1-6(2)9(3,23-8(22)5-4-7(20)21)10(13,14)11(15,16)12(17,18)19/h4-6H,1-3H3,(H,20,21)/b5-4+. The summed E-state index contributed by atoms with van der Waals surface area (Å²) in [5.41, 5.74) is -3.55. The van der Waals surface area contributed by atoms with Gasteiger partial charge in [-0.15, -0.1) is 0 Å². The summed E-state index contributed by atoms with van der Waals surface area (Å²) in [7, 11) is 0. The Morgan fingerprint density at radius 1 is 0.957 bits per heavy atom. The molecule has 0 aliphatic carbocycles. The van der Waals surface area contributed by atoms with Crippen LogP contribution in [-0.4, -0.2) is 40.7 Å². The molecule has 1 unspecified atom stereocenters. The summed E-state index contributed by atoms with van der Waals surface area (Å²) < 4.78 is 94.9. The van der Waals surface area contributed by atoms with Crippen LogP contribution in [0.5, 0.6) is 0 Å². The van der Waals surface area contributed by atoms with Gasteiger partial charge in [0.25, 0.3) is 0 Å². The van der Waals surface area contributed by atoms with E-state index in [0.717, 1.165) is 13.8 Å². The fourth-order valence-corrected chi connectivity index (χ4v) is 1.42. The van der Waals surface area contributed by atoms with Crippen LogP contribution in [0.4, 0.5) is 30.7 Å². The Bertz CT molecular complexity index is 496. The van der Waals surface area contributed by atoms with E-state index in [0.29, 0.717) is 0 Å². The van der Waals surface area contributed by atoms with Crippen molar-refractivity contribution in [2.24, 2.45) is 5.92 Å². The molecule has 134 valence electrons. The largest absolute Gasteiger partial charge is 0.478 e. The number of halogens is 7. The third-order valence-electron chi connectivity index (χ3n) is 3.15. The van der Waals surface area contributed by atoms with Gasteiger partial charge in [-0.25, -0.2) is 9.59 Å². The Hall–Kier alpha value is -1.81. The van der Waals surface area contributed by atoms with Crippen molar-refractivity contribution in [1.29, 1.82) is 0 Å². The van der Waals surface area contributed by atoms with Gasteiger partial charge in [-0.05, 0) is 12.8 Å². The predicted octanol–water partition coefficient (Wildman–Crippen LogP) is 3.42. The first-order chi connectivity index (χ1) is 10.0. The number of carboxylic acids is 1. The lowest BCUT2D eigenvalue weighted by atomic mass is 9.82. The molecule has 0 spiro atoms. The molecule has 0 heterocycles. The van der Waals surface area contributed by atoms with E-state index in [2.05, 4.69) is 4.74 Å². The maximum atomic E-state index is 13.9. The van der Waals surface area contributed by atoms with Crippen LogP contribution in [0.15, 0.2) is 12.2 Å². The van der Waals surface area contributed by atoms with Crippen molar-refractivity contribution in [3.8, 4) is 0 Å². The van der Waals surface area contributed by atoms with Crippen LogP contribution in [0.2, 0.25) is 0 Å². The van der Waals surface area contributed by atoms with Crippen LogP contribution >= 0.6 is 0 Å². The van der Waals surface area contributed by atoms with E-state index in [-0.39, 0.29) is 19.1 Å². The van der Waals surface area contributed by atoms with Crippen molar-refractivity contribution < 1.29 is 50.2 Å². The summed E-state index contributed by atoms with van der Waals surface area (Å²) in [6, 6.07) is 0. The van der Waals surface area contributed by atoms with E-state index in [1.54, 1.807) is 0 Å². The second-order valence-electron chi connectivity index (χ2n) is 5.00. The third kappa shape index (κ3) is 3.94. The van der Waals surface area contributed by atoms with Crippen LogP contribution in [0.1, 0.15) is 20.8 Å². The first kappa shape index (κ1) is 21.2. The predicted molar refractivity (Wildman–Crippen MR) is 62.1 cm³/mol. The number of ether oxygens (including phenoxy) is 1. The molecule has 0 aromatic heterocycles. The van der Waals surface area contributed by atoms with Crippen LogP contribution < -0.4 is 0 Å². The molecule has 1 atom stereocenters. The molecular weight excluding hydrogens is 341 g/mol. The number of carbonyl (C=O) groups is 2. The Kier molecular flexibility index (Phi) is 5.86. The fraction of sp³-hybridized carbons (Fsp3) is 0.667. The summed E-state index contributed by atoms with van der Waals surface area (Å²) in [6.45, 7) is 1.90. The van der Waals surface area contributed by atoms with Gasteiger partial charge in [-0.1, -0.05) is 13.8 Å². The maximum Gasteiger partial charge on any atom is 0.460 e. The minimum Gasteiger partial charge on any atom is -0.478 e. The quantitative estimate of drug-likeness (QED) is 0.451. The molecule has 0 aromatic rings. The zero-order valence-electron chi connectivity index (χ0n) is 12.0. The van der Waals surface area contributed by atoms with Crippen LogP contribution in [0, 0.1) is 5.92 Å². The normalized spacial score (nSPS) is 16.5. The molecule has 0 bridgehead atoms. The van der Waals surface area contributed by atoms with E-state index >= 15 is 0 Å². The number of carboxylic acid groups (broad SMARTS) is 1. The Morgan fingerprint density at radius 2 is 1.39 bits per heavy atom. The number of alkyl halides is 7. The highest BCUT2D eigenvalue weighted by Crippen LogP contribution is 2.54. The Balaban J connectivity index is 5.86. The van der Waals surface area contributed by atoms with Crippen LogP contribution in [0.25, 0.3) is 0 Å². The monoisotopic (exact) mass is 354 g/mol. The number of rotatable bonds is 6. The smallest absolute Gasteiger partial charge is 0.460 e. The minimum absolute atomic E-state index is 0.116. The van der Waals surface area contributed by atoms with E-state index in [4.69, 9.17) is 5.11 Å². The molecule has 0 aromatic carbocycles. The van der Waals surface area contributed by atoms with Crippen molar-refractivity contribution in [1.82, 2.24) is 0 Å². The van der Waals surface area contributed by atoms with Crippen molar-refractivity contribution in [2.45, 2.75) is 44.4 Å². The second kappa shape index (κ2) is 6.36. The molecule has 0 saturated carbocycles. The molecule has 0 amide bonds. The average molecular weight is 354 g/mol. The van der Waals surface area contributed by atoms with E-state index in [9.17, 15) is 40.3 Å². The summed E-state index contributed by atoms with van der Waals surface area (Å²) in [5, 5.41) is 8.25. The van der Waals surface area contributed by atoms with E-state index in [1.165, 1.54) is 0 Å². The second-order valence-corrected chi connectivity index (χ2v) is 5.00. The molecule has 0 fully saturated rings. The first-order valence-corrected chi connectivity index (χ1v) is 5.97. The molecule has 1 N–H and O–H groups in total. The van der Waals surface area contributed by atoms with Crippen molar-refractivity contribution in [3.05, 3.63) is 12.2 Å². The molecule has 0 radical (unpaired) electrons. The molecular formula is C12H13F7O4. The van der Waals surface area contributed by atoms with Gasteiger partial charge < -0.3 is 9.84 Å². The van der Waals surface area contributed by atoms with Gasteiger partial charge in [0.15, 0.2) is 5.60 Å². The van der Waals surface area contributed by atoms with Crippen molar-refractivity contribution in [2.75, 3.05) is 0 Å². The Morgan fingerprint density at radius 3 is 1.70 bits per heavy atom.